The van der Waals surface area contributed by atoms with Crippen LogP contribution in [0.4, 0.5) is 0 Å². The lowest BCUT2D eigenvalue weighted by atomic mass is 10.1. The van der Waals surface area contributed by atoms with E-state index in [1.165, 1.54) is 22.7 Å². The minimum atomic E-state index is -0.992. The van der Waals surface area contributed by atoms with Crippen LogP contribution in [0.5, 0.6) is 5.75 Å². The van der Waals surface area contributed by atoms with Gasteiger partial charge in [-0.2, -0.15) is 0 Å². The third kappa shape index (κ3) is 3.28. The molecule has 2 rings (SSSR count). The summed E-state index contributed by atoms with van der Waals surface area (Å²) < 4.78 is 0.648. The molecule has 2 atom stereocenters. The third-order valence-corrected chi connectivity index (χ3v) is 5.85. The van der Waals surface area contributed by atoms with Gasteiger partial charge in [-0.05, 0) is 46.7 Å². The van der Waals surface area contributed by atoms with Gasteiger partial charge in [0.05, 0.1) is 8.94 Å². The maximum atomic E-state index is 12.7. The molecule has 0 aromatic heterocycles. The zero-order chi connectivity index (χ0) is 15.7. The van der Waals surface area contributed by atoms with Gasteiger partial charge in [0.25, 0.3) is 5.91 Å². The Bertz CT molecular complexity index is 578. The summed E-state index contributed by atoms with van der Waals surface area (Å²) in [5, 5.41) is 18.9. The number of hydrogen-bond donors (Lipinski definition) is 2. The lowest BCUT2D eigenvalue weighted by Gasteiger charge is -2.29. The molecule has 1 aliphatic rings. The predicted octanol–water partition coefficient (Wildman–Crippen LogP) is 2.62. The molecule has 0 spiro atoms. The van der Waals surface area contributed by atoms with E-state index in [0.29, 0.717) is 14.9 Å². The molecule has 1 fully saturated rings. The normalized spacial score (nSPS) is 21.8. The van der Waals surface area contributed by atoms with E-state index in [-0.39, 0.29) is 22.9 Å². The quantitative estimate of drug-likeness (QED) is 0.734. The highest BCUT2D eigenvalue weighted by Gasteiger charge is 2.43. The third-order valence-electron chi connectivity index (χ3n) is 3.32. The van der Waals surface area contributed by atoms with E-state index in [1.807, 2.05) is 36.4 Å². The smallest absolute Gasteiger partial charge is 0.327 e. The molecule has 0 saturated carbocycles. The number of carboxylic acids is 1. The Morgan fingerprint density at radius 1 is 1.43 bits per heavy atom. The first-order valence-electron chi connectivity index (χ1n) is 6.48. The summed E-state index contributed by atoms with van der Waals surface area (Å²) >= 11 is 3.45. The molecule has 1 amide bonds. The van der Waals surface area contributed by atoms with Crippen molar-refractivity contribution >= 4 is 46.2 Å². The van der Waals surface area contributed by atoms with Crippen LogP contribution in [-0.2, 0) is 4.79 Å². The molecular formula is C14H16INO4S. The molecule has 114 valence electrons. The van der Waals surface area contributed by atoms with Crippen molar-refractivity contribution in [2.75, 3.05) is 5.75 Å². The van der Waals surface area contributed by atoms with Crippen molar-refractivity contribution in [3.63, 3.8) is 0 Å². The van der Waals surface area contributed by atoms with Crippen molar-refractivity contribution in [2.24, 2.45) is 5.92 Å². The monoisotopic (exact) mass is 421 g/mol. The number of aromatic hydroxyl groups is 1. The Hall–Kier alpha value is -0.960. The van der Waals surface area contributed by atoms with Crippen LogP contribution in [0.15, 0.2) is 18.2 Å². The van der Waals surface area contributed by atoms with E-state index in [1.54, 1.807) is 12.1 Å². The van der Waals surface area contributed by atoms with Crippen molar-refractivity contribution in [2.45, 2.75) is 25.3 Å². The van der Waals surface area contributed by atoms with Crippen LogP contribution >= 0.6 is 34.4 Å². The number of carbonyl (C=O) groups excluding carboxylic acids is 1. The fourth-order valence-corrected chi connectivity index (χ4v) is 4.09. The van der Waals surface area contributed by atoms with E-state index in [2.05, 4.69) is 0 Å². The number of amides is 1. The number of phenols is 1. The molecule has 1 aromatic rings. The average Bonchev–Trinajstić information content (AvgIpc) is 2.86. The Kier molecular flexibility index (Phi) is 5.03. The molecule has 1 saturated heterocycles. The van der Waals surface area contributed by atoms with Crippen LogP contribution in [0.25, 0.3) is 0 Å². The first-order valence-corrected chi connectivity index (χ1v) is 8.61. The maximum Gasteiger partial charge on any atom is 0.327 e. The fraction of sp³-hybridized carbons (Fsp3) is 0.429. The summed E-state index contributed by atoms with van der Waals surface area (Å²) in [6.07, 6.45) is 0. The molecular weight excluding hydrogens is 405 g/mol. The van der Waals surface area contributed by atoms with Crippen molar-refractivity contribution in [1.82, 2.24) is 4.90 Å². The molecule has 2 N–H and O–H groups in total. The van der Waals surface area contributed by atoms with Crippen molar-refractivity contribution in [3.05, 3.63) is 27.3 Å². The van der Waals surface area contributed by atoms with Gasteiger partial charge in [-0.25, -0.2) is 4.79 Å². The molecule has 0 bridgehead atoms. The second-order valence-corrected chi connectivity index (χ2v) is 7.51. The maximum absolute atomic E-state index is 12.7. The largest absolute Gasteiger partial charge is 0.507 e. The number of carbonyl (C=O) groups is 2. The van der Waals surface area contributed by atoms with Crippen LogP contribution in [0.1, 0.15) is 24.2 Å². The van der Waals surface area contributed by atoms with Crippen LogP contribution in [0.3, 0.4) is 0 Å². The predicted molar refractivity (Wildman–Crippen MR) is 89.5 cm³/mol. The molecule has 7 heteroatoms. The number of rotatable bonds is 3. The van der Waals surface area contributed by atoms with Gasteiger partial charge in [-0.1, -0.05) is 13.8 Å². The van der Waals surface area contributed by atoms with Gasteiger partial charge < -0.3 is 15.1 Å². The summed E-state index contributed by atoms with van der Waals surface area (Å²) in [4.78, 5) is 25.5. The van der Waals surface area contributed by atoms with Crippen LogP contribution in [0, 0.1) is 9.49 Å². The molecule has 1 heterocycles. The van der Waals surface area contributed by atoms with E-state index < -0.39 is 12.0 Å². The Morgan fingerprint density at radius 3 is 2.62 bits per heavy atom. The van der Waals surface area contributed by atoms with E-state index >= 15 is 0 Å². The number of benzene rings is 1. The molecule has 5 nitrogen and oxygen atoms in total. The van der Waals surface area contributed by atoms with Crippen molar-refractivity contribution in [1.29, 1.82) is 0 Å². The van der Waals surface area contributed by atoms with Gasteiger partial charge in [0.15, 0.2) is 0 Å². The summed E-state index contributed by atoms with van der Waals surface area (Å²) in [5.74, 6) is -0.770. The van der Waals surface area contributed by atoms with E-state index in [0.717, 1.165) is 0 Å². The highest BCUT2D eigenvalue weighted by Crippen LogP contribution is 2.35. The number of thioether (sulfide) groups is 1. The standard InChI is InChI=1S/C14H16INO4S/c1-7(2)13-16(10(6-21-13)14(19)20)12(18)8-3-4-9(15)11(17)5-8/h3-5,7,10,13,17H,6H2,1-2H3,(H,19,20). The second kappa shape index (κ2) is 6.43. The summed E-state index contributed by atoms with van der Waals surface area (Å²) in [5.41, 5.74) is 0.312. The number of aliphatic carboxylic acids is 1. The molecule has 21 heavy (non-hydrogen) atoms. The van der Waals surface area contributed by atoms with Crippen LogP contribution < -0.4 is 0 Å². The number of halogens is 1. The van der Waals surface area contributed by atoms with Crippen molar-refractivity contribution < 1.29 is 19.8 Å². The van der Waals surface area contributed by atoms with Crippen LogP contribution in [-0.4, -0.2) is 44.2 Å². The number of phenolic OH excluding ortho intramolecular Hbond substituents is 1. The summed E-state index contributed by atoms with van der Waals surface area (Å²) in [6.45, 7) is 3.93. The Balaban J connectivity index is 2.36. The van der Waals surface area contributed by atoms with E-state index in [4.69, 9.17) is 0 Å². The van der Waals surface area contributed by atoms with Gasteiger partial charge in [-0.15, -0.1) is 11.8 Å². The Morgan fingerprint density at radius 2 is 2.10 bits per heavy atom. The fourth-order valence-electron chi connectivity index (χ4n) is 2.28. The number of carboxylic acid groups (broad SMARTS) is 1. The van der Waals surface area contributed by atoms with E-state index in [9.17, 15) is 19.8 Å². The van der Waals surface area contributed by atoms with Crippen LogP contribution in [0.2, 0.25) is 0 Å². The summed E-state index contributed by atoms with van der Waals surface area (Å²) in [7, 11) is 0. The molecule has 0 radical (unpaired) electrons. The Labute approximate surface area is 140 Å². The molecule has 1 aromatic carbocycles. The zero-order valence-corrected chi connectivity index (χ0v) is 14.6. The minimum absolute atomic E-state index is 0.0290. The molecule has 1 aliphatic heterocycles. The first kappa shape index (κ1) is 16.4. The highest BCUT2D eigenvalue weighted by molar-refractivity contribution is 14.1. The summed E-state index contributed by atoms with van der Waals surface area (Å²) in [6, 6.07) is 3.83. The lowest BCUT2D eigenvalue weighted by Crippen LogP contribution is -2.47. The SMILES string of the molecule is CC(C)C1SCC(C(=O)O)N1C(=O)c1ccc(I)c(O)c1. The van der Waals surface area contributed by atoms with Gasteiger partial charge in [0.1, 0.15) is 11.8 Å². The minimum Gasteiger partial charge on any atom is -0.507 e. The highest BCUT2D eigenvalue weighted by atomic mass is 127. The van der Waals surface area contributed by atoms with Gasteiger partial charge in [0, 0.05) is 11.3 Å². The molecule has 0 aliphatic carbocycles. The van der Waals surface area contributed by atoms with Crippen molar-refractivity contribution in [3.8, 4) is 5.75 Å². The van der Waals surface area contributed by atoms with Gasteiger partial charge >= 0.3 is 5.97 Å². The van der Waals surface area contributed by atoms with Gasteiger partial charge in [-0.3, -0.25) is 4.79 Å². The second-order valence-electron chi connectivity index (χ2n) is 5.20. The van der Waals surface area contributed by atoms with Gasteiger partial charge in [0.2, 0.25) is 0 Å². The first-order chi connectivity index (χ1) is 9.82. The topological polar surface area (TPSA) is 77.8 Å². The number of nitrogens with zero attached hydrogens (tertiary/aromatic N) is 1. The average molecular weight is 421 g/mol. The number of hydrogen-bond acceptors (Lipinski definition) is 4. The zero-order valence-electron chi connectivity index (χ0n) is 11.6. The molecule has 2 unspecified atom stereocenters. The lowest BCUT2D eigenvalue weighted by molar-refractivity contribution is -0.141.